The van der Waals surface area contributed by atoms with E-state index in [4.69, 9.17) is 5.73 Å². The second-order valence-electron chi connectivity index (χ2n) is 3.46. The van der Waals surface area contributed by atoms with Gasteiger partial charge in [-0.3, -0.25) is 0 Å². The van der Waals surface area contributed by atoms with Crippen LogP contribution in [-0.2, 0) is 6.42 Å². The van der Waals surface area contributed by atoms with Crippen LogP contribution in [0.5, 0.6) is 0 Å². The van der Waals surface area contributed by atoms with E-state index in [2.05, 4.69) is 22.9 Å². The maximum Gasteiger partial charge on any atom is 0.0704 e. The lowest BCUT2D eigenvalue weighted by molar-refractivity contribution is 0.164. The number of hydrogen-bond acceptors (Lipinski definition) is 2. The lowest BCUT2D eigenvalue weighted by Crippen LogP contribution is -2.24. The van der Waals surface area contributed by atoms with E-state index in [9.17, 15) is 5.11 Å². The predicted octanol–water partition coefficient (Wildman–Crippen LogP) is 2.39. The molecule has 0 bridgehead atoms. The van der Waals surface area contributed by atoms with Crippen LogP contribution in [-0.4, -0.2) is 11.2 Å². The standard InChI is InChI=1S/C11H16BrNO/c1-3-8-4-5-9(12)6-10(8)11(13)7(2)14/h4-7,11,14H,3,13H2,1-2H3. The summed E-state index contributed by atoms with van der Waals surface area (Å²) >= 11 is 3.41. The molecule has 0 aliphatic heterocycles. The Morgan fingerprint density at radius 1 is 1.50 bits per heavy atom. The summed E-state index contributed by atoms with van der Waals surface area (Å²) in [6.07, 6.45) is 0.415. The minimum Gasteiger partial charge on any atom is -0.391 e. The van der Waals surface area contributed by atoms with Gasteiger partial charge in [0, 0.05) is 4.47 Å². The van der Waals surface area contributed by atoms with E-state index in [0.29, 0.717) is 0 Å². The maximum absolute atomic E-state index is 9.44. The summed E-state index contributed by atoms with van der Waals surface area (Å²) in [6.45, 7) is 3.80. The molecule has 0 aliphatic carbocycles. The van der Waals surface area contributed by atoms with E-state index in [1.165, 1.54) is 5.56 Å². The highest BCUT2D eigenvalue weighted by molar-refractivity contribution is 9.10. The van der Waals surface area contributed by atoms with Crippen molar-refractivity contribution in [2.75, 3.05) is 0 Å². The summed E-state index contributed by atoms with van der Waals surface area (Å²) in [5.41, 5.74) is 8.13. The van der Waals surface area contributed by atoms with Crippen molar-refractivity contribution in [2.45, 2.75) is 32.4 Å². The summed E-state index contributed by atoms with van der Waals surface area (Å²) in [6, 6.07) is 5.72. The van der Waals surface area contributed by atoms with Crippen LogP contribution in [0.1, 0.15) is 31.0 Å². The van der Waals surface area contributed by atoms with Gasteiger partial charge in [-0.2, -0.15) is 0 Å². The van der Waals surface area contributed by atoms with Crippen molar-refractivity contribution in [3.63, 3.8) is 0 Å². The molecule has 14 heavy (non-hydrogen) atoms. The zero-order chi connectivity index (χ0) is 10.7. The first kappa shape index (κ1) is 11.7. The molecule has 3 N–H and O–H groups in total. The largest absolute Gasteiger partial charge is 0.391 e. The van der Waals surface area contributed by atoms with Crippen LogP contribution in [0.2, 0.25) is 0 Å². The van der Waals surface area contributed by atoms with E-state index in [0.717, 1.165) is 16.5 Å². The van der Waals surface area contributed by atoms with Crippen molar-refractivity contribution in [1.29, 1.82) is 0 Å². The topological polar surface area (TPSA) is 46.2 Å². The molecule has 1 aromatic carbocycles. The average molecular weight is 258 g/mol. The highest BCUT2D eigenvalue weighted by Gasteiger charge is 2.15. The highest BCUT2D eigenvalue weighted by Crippen LogP contribution is 2.23. The molecule has 1 aromatic rings. The molecule has 0 aromatic heterocycles. The van der Waals surface area contributed by atoms with E-state index in [-0.39, 0.29) is 6.04 Å². The molecule has 0 aliphatic rings. The number of aryl methyl sites for hydroxylation is 1. The van der Waals surface area contributed by atoms with E-state index in [1.807, 2.05) is 18.2 Å². The third-order valence-electron chi connectivity index (χ3n) is 2.37. The van der Waals surface area contributed by atoms with Crippen LogP contribution in [0.25, 0.3) is 0 Å². The Bertz CT molecular complexity index is 312. The summed E-state index contributed by atoms with van der Waals surface area (Å²) in [5.74, 6) is 0. The SMILES string of the molecule is CCc1ccc(Br)cc1C(N)C(C)O. The van der Waals surface area contributed by atoms with Crippen LogP contribution >= 0.6 is 15.9 Å². The molecule has 78 valence electrons. The second kappa shape index (κ2) is 4.91. The van der Waals surface area contributed by atoms with Crippen molar-refractivity contribution >= 4 is 15.9 Å². The lowest BCUT2D eigenvalue weighted by atomic mass is 9.96. The van der Waals surface area contributed by atoms with Gasteiger partial charge in [0.05, 0.1) is 12.1 Å². The first-order valence-corrected chi connectivity index (χ1v) is 5.57. The highest BCUT2D eigenvalue weighted by atomic mass is 79.9. The molecule has 2 nitrogen and oxygen atoms in total. The van der Waals surface area contributed by atoms with Crippen molar-refractivity contribution < 1.29 is 5.11 Å². The van der Waals surface area contributed by atoms with Gasteiger partial charge in [0.25, 0.3) is 0 Å². The van der Waals surface area contributed by atoms with Gasteiger partial charge in [-0.05, 0) is 36.6 Å². The van der Waals surface area contributed by atoms with Gasteiger partial charge in [0.1, 0.15) is 0 Å². The van der Waals surface area contributed by atoms with Crippen molar-refractivity contribution in [2.24, 2.45) is 5.73 Å². The molecule has 0 radical (unpaired) electrons. The Hall–Kier alpha value is -0.380. The number of aliphatic hydroxyl groups excluding tert-OH is 1. The number of benzene rings is 1. The molecular weight excluding hydrogens is 242 g/mol. The van der Waals surface area contributed by atoms with E-state index < -0.39 is 6.10 Å². The molecule has 0 spiro atoms. The van der Waals surface area contributed by atoms with E-state index in [1.54, 1.807) is 6.92 Å². The molecule has 0 saturated heterocycles. The van der Waals surface area contributed by atoms with Crippen molar-refractivity contribution in [1.82, 2.24) is 0 Å². The van der Waals surface area contributed by atoms with Gasteiger partial charge in [-0.1, -0.05) is 28.9 Å². The molecule has 0 amide bonds. The molecule has 2 atom stereocenters. The third kappa shape index (κ3) is 2.56. The Kier molecular flexibility index (Phi) is 4.11. The van der Waals surface area contributed by atoms with Crippen LogP contribution < -0.4 is 5.73 Å². The van der Waals surface area contributed by atoms with E-state index >= 15 is 0 Å². The Labute approximate surface area is 93.3 Å². The fourth-order valence-electron chi connectivity index (χ4n) is 1.46. The summed E-state index contributed by atoms with van der Waals surface area (Å²) in [5, 5.41) is 9.44. The number of nitrogens with two attached hydrogens (primary N) is 1. The Balaban J connectivity index is 3.10. The molecule has 1 rings (SSSR count). The number of rotatable bonds is 3. The average Bonchev–Trinajstić information content (AvgIpc) is 2.16. The second-order valence-corrected chi connectivity index (χ2v) is 4.38. The monoisotopic (exact) mass is 257 g/mol. The van der Waals surface area contributed by atoms with Crippen molar-refractivity contribution in [3.05, 3.63) is 33.8 Å². The van der Waals surface area contributed by atoms with Crippen molar-refractivity contribution in [3.8, 4) is 0 Å². The summed E-state index contributed by atoms with van der Waals surface area (Å²) in [4.78, 5) is 0. The Morgan fingerprint density at radius 3 is 2.64 bits per heavy atom. The van der Waals surface area contributed by atoms with Gasteiger partial charge in [0.2, 0.25) is 0 Å². The van der Waals surface area contributed by atoms with Crippen LogP contribution in [0, 0.1) is 0 Å². The molecule has 0 fully saturated rings. The molecule has 0 heterocycles. The predicted molar refractivity (Wildman–Crippen MR) is 62.1 cm³/mol. The molecule has 3 heteroatoms. The lowest BCUT2D eigenvalue weighted by Gasteiger charge is -2.18. The Morgan fingerprint density at radius 2 is 2.14 bits per heavy atom. The van der Waals surface area contributed by atoms with Gasteiger partial charge >= 0.3 is 0 Å². The first-order chi connectivity index (χ1) is 6.56. The number of aliphatic hydroxyl groups is 1. The van der Waals surface area contributed by atoms with Crippen LogP contribution in [0.3, 0.4) is 0 Å². The zero-order valence-corrected chi connectivity index (χ0v) is 10.1. The maximum atomic E-state index is 9.44. The fraction of sp³-hybridized carbons (Fsp3) is 0.455. The number of hydrogen-bond donors (Lipinski definition) is 2. The number of halogens is 1. The van der Waals surface area contributed by atoms with Gasteiger partial charge in [-0.25, -0.2) is 0 Å². The molecular formula is C11H16BrNO. The molecule has 2 unspecified atom stereocenters. The van der Waals surface area contributed by atoms with Gasteiger partial charge < -0.3 is 10.8 Å². The van der Waals surface area contributed by atoms with Gasteiger partial charge in [-0.15, -0.1) is 0 Å². The fourth-order valence-corrected chi connectivity index (χ4v) is 1.84. The summed E-state index contributed by atoms with van der Waals surface area (Å²) < 4.78 is 1.00. The zero-order valence-electron chi connectivity index (χ0n) is 8.50. The van der Waals surface area contributed by atoms with Gasteiger partial charge in [0.15, 0.2) is 0 Å². The minimum atomic E-state index is -0.519. The van der Waals surface area contributed by atoms with Crippen LogP contribution in [0.15, 0.2) is 22.7 Å². The summed E-state index contributed by atoms with van der Waals surface area (Å²) in [7, 11) is 0. The normalized spacial score (nSPS) is 15.2. The van der Waals surface area contributed by atoms with Crippen LogP contribution in [0.4, 0.5) is 0 Å². The quantitative estimate of drug-likeness (QED) is 0.874. The smallest absolute Gasteiger partial charge is 0.0704 e. The minimum absolute atomic E-state index is 0.303. The molecule has 0 saturated carbocycles. The first-order valence-electron chi connectivity index (χ1n) is 4.78. The third-order valence-corrected chi connectivity index (χ3v) is 2.86.